The Morgan fingerprint density at radius 1 is 0.947 bits per heavy atom. The van der Waals surface area contributed by atoms with E-state index in [4.69, 9.17) is 4.74 Å². The Balaban J connectivity index is 1.08. The second kappa shape index (κ2) is 10.7. The smallest absolute Gasteiger partial charge is 0.416 e. The van der Waals surface area contributed by atoms with Crippen LogP contribution in [0.1, 0.15) is 47.2 Å². The molecular weight excluding hydrogens is 506 g/mol. The van der Waals surface area contributed by atoms with E-state index in [0.717, 1.165) is 37.5 Å². The average molecular weight is 534 g/mol. The molecule has 0 radical (unpaired) electrons. The van der Waals surface area contributed by atoms with Gasteiger partial charge in [0.25, 0.3) is 0 Å². The van der Waals surface area contributed by atoms with Crippen LogP contribution in [0.25, 0.3) is 11.0 Å². The number of piperidine rings is 2. The molecule has 38 heavy (non-hydrogen) atoms. The van der Waals surface area contributed by atoms with Crippen molar-refractivity contribution < 1.29 is 31.9 Å². The van der Waals surface area contributed by atoms with Gasteiger partial charge < -0.3 is 14.5 Å². The van der Waals surface area contributed by atoms with Gasteiger partial charge in [-0.25, -0.2) is 9.18 Å². The summed E-state index contributed by atoms with van der Waals surface area (Å²) in [6.45, 7) is 1.87. The molecule has 2 fully saturated rings. The van der Waals surface area contributed by atoms with Crippen LogP contribution in [0, 0.1) is 11.7 Å². The van der Waals surface area contributed by atoms with Crippen molar-refractivity contribution in [3.05, 3.63) is 58.9 Å². The first kappa shape index (κ1) is 26.1. The molecule has 1 amide bonds. The molecule has 2 saturated heterocycles. The standard InChI is InChI=1S/C26H27F4N5O3/c27-21-3-2-19(26(28,29)30)13-18(21)15-38-25(37)35-11-7-20(8-12-35)34-9-5-16(6-10-34)24(36)17-1-4-22-23(14-17)32-33-31-22/h1-4,13-14,16,20H,5-12,15H2,(H,31,32,33). The fraction of sp³-hybridized carbons (Fsp3) is 0.462. The van der Waals surface area contributed by atoms with E-state index in [1.807, 2.05) is 0 Å². The van der Waals surface area contributed by atoms with Crippen LogP contribution < -0.4 is 0 Å². The number of ether oxygens (including phenoxy) is 1. The summed E-state index contributed by atoms with van der Waals surface area (Å²) in [6, 6.07) is 7.65. The van der Waals surface area contributed by atoms with E-state index in [0.29, 0.717) is 49.1 Å². The molecule has 2 aliphatic heterocycles. The number of likely N-dealkylation sites (tertiary alicyclic amines) is 2. The zero-order chi connectivity index (χ0) is 26.9. The Bertz CT molecular complexity index is 1310. The number of aromatic nitrogens is 3. The Labute approximate surface area is 215 Å². The Kier molecular flexibility index (Phi) is 7.33. The molecule has 0 atom stereocenters. The lowest BCUT2D eigenvalue weighted by molar-refractivity contribution is -0.137. The van der Waals surface area contributed by atoms with Gasteiger partial charge in [0.15, 0.2) is 5.78 Å². The van der Waals surface area contributed by atoms with Gasteiger partial charge in [-0.15, -0.1) is 0 Å². The van der Waals surface area contributed by atoms with Crippen LogP contribution in [0.3, 0.4) is 0 Å². The molecule has 8 nitrogen and oxygen atoms in total. The van der Waals surface area contributed by atoms with Gasteiger partial charge in [-0.05, 0) is 75.2 Å². The molecule has 12 heteroatoms. The number of fused-ring (bicyclic) bond motifs is 1. The molecule has 3 heterocycles. The van der Waals surface area contributed by atoms with Crippen LogP contribution in [-0.2, 0) is 17.5 Å². The number of rotatable bonds is 5. The number of H-pyrrole nitrogens is 1. The van der Waals surface area contributed by atoms with Crippen molar-refractivity contribution in [2.45, 2.75) is 44.5 Å². The SMILES string of the molecule is O=C(c1ccc2n[nH]nc2c1)C1CCN(C2CCN(C(=O)OCc3cc(C(F)(F)F)ccc3F)CC2)CC1. The highest BCUT2D eigenvalue weighted by Gasteiger charge is 2.33. The molecule has 3 aromatic rings. The molecule has 0 spiro atoms. The third-order valence-corrected chi connectivity index (χ3v) is 7.46. The van der Waals surface area contributed by atoms with Gasteiger partial charge in [-0.3, -0.25) is 4.79 Å². The van der Waals surface area contributed by atoms with E-state index < -0.39 is 30.3 Å². The number of amides is 1. The number of aromatic amines is 1. The van der Waals surface area contributed by atoms with Gasteiger partial charge in [0, 0.05) is 36.2 Å². The topological polar surface area (TPSA) is 91.4 Å². The lowest BCUT2D eigenvalue weighted by Gasteiger charge is -2.41. The van der Waals surface area contributed by atoms with Crippen molar-refractivity contribution in [1.82, 2.24) is 25.2 Å². The molecular formula is C26H27F4N5O3. The van der Waals surface area contributed by atoms with Gasteiger partial charge in [0.2, 0.25) is 0 Å². The maximum absolute atomic E-state index is 13.9. The van der Waals surface area contributed by atoms with E-state index in [9.17, 15) is 27.2 Å². The Morgan fingerprint density at radius 2 is 1.66 bits per heavy atom. The second-order valence-electron chi connectivity index (χ2n) is 9.78. The van der Waals surface area contributed by atoms with Crippen molar-refractivity contribution in [1.29, 1.82) is 0 Å². The van der Waals surface area contributed by atoms with Crippen molar-refractivity contribution in [3.63, 3.8) is 0 Å². The van der Waals surface area contributed by atoms with Crippen LogP contribution in [0.5, 0.6) is 0 Å². The number of Topliss-reactive ketones (excluding diaryl/α,β-unsaturated/α-hetero) is 1. The number of carbonyl (C=O) groups excluding carboxylic acids is 2. The third-order valence-electron chi connectivity index (χ3n) is 7.46. The number of hydrogen-bond donors (Lipinski definition) is 1. The normalized spacial score (nSPS) is 18.2. The minimum Gasteiger partial charge on any atom is -0.444 e. The third kappa shape index (κ3) is 5.64. The summed E-state index contributed by atoms with van der Waals surface area (Å²) in [5.41, 5.74) is 0.711. The maximum Gasteiger partial charge on any atom is 0.416 e. The van der Waals surface area contributed by atoms with E-state index in [2.05, 4.69) is 20.3 Å². The summed E-state index contributed by atoms with van der Waals surface area (Å²) in [5.74, 6) is -0.795. The number of benzene rings is 2. The van der Waals surface area contributed by atoms with Crippen LogP contribution in [0.2, 0.25) is 0 Å². The van der Waals surface area contributed by atoms with Crippen molar-refractivity contribution >= 4 is 22.9 Å². The van der Waals surface area contributed by atoms with Crippen molar-refractivity contribution in [2.24, 2.45) is 5.92 Å². The number of halogens is 4. The molecule has 0 saturated carbocycles. The lowest BCUT2D eigenvalue weighted by atomic mass is 9.87. The van der Waals surface area contributed by atoms with Crippen LogP contribution in [-0.4, -0.2) is 69.3 Å². The first-order valence-corrected chi connectivity index (χ1v) is 12.5. The van der Waals surface area contributed by atoms with Crippen LogP contribution in [0.15, 0.2) is 36.4 Å². The molecule has 1 aromatic heterocycles. The van der Waals surface area contributed by atoms with Crippen molar-refractivity contribution in [3.8, 4) is 0 Å². The molecule has 0 unspecified atom stereocenters. The van der Waals surface area contributed by atoms with E-state index in [1.165, 1.54) is 4.90 Å². The van der Waals surface area contributed by atoms with Gasteiger partial charge in [-0.2, -0.15) is 28.6 Å². The largest absolute Gasteiger partial charge is 0.444 e. The van der Waals surface area contributed by atoms with Crippen LogP contribution in [0.4, 0.5) is 22.4 Å². The highest BCUT2D eigenvalue weighted by molar-refractivity contribution is 6.00. The van der Waals surface area contributed by atoms with E-state index in [1.54, 1.807) is 18.2 Å². The quantitative estimate of drug-likeness (QED) is 0.374. The van der Waals surface area contributed by atoms with Gasteiger partial charge in [0.05, 0.1) is 5.56 Å². The summed E-state index contributed by atoms with van der Waals surface area (Å²) < 4.78 is 57.7. The predicted octanol–water partition coefficient (Wildman–Crippen LogP) is 4.81. The number of alkyl halides is 3. The zero-order valence-corrected chi connectivity index (χ0v) is 20.5. The fourth-order valence-electron chi connectivity index (χ4n) is 5.26. The summed E-state index contributed by atoms with van der Waals surface area (Å²) in [7, 11) is 0. The van der Waals surface area contributed by atoms with Gasteiger partial charge in [0.1, 0.15) is 23.5 Å². The Hall–Kier alpha value is -3.54. The second-order valence-corrected chi connectivity index (χ2v) is 9.78. The summed E-state index contributed by atoms with van der Waals surface area (Å²) in [6.07, 6.45) is -2.35. The summed E-state index contributed by atoms with van der Waals surface area (Å²) in [4.78, 5) is 29.3. The van der Waals surface area contributed by atoms with Gasteiger partial charge in [-0.1, -0.05) is 0 Å². The van der Waals surface area contributed by atoms with Crippen LogP contribution >= 0.6 is 0 Å². The molecule has 2 aliphatic rings. The minimum absolute atomic E-state index is 0.0538. The van der Waals surface area contributed by atoms with Gasteiger partial charge >= 0.3 is 12.3 Å². The number of carbonyl (C=O) groups is 2. The highest BCUT2D eigenvalue weighted by atomic mass is 19.4. The highest BCUT2D eigenvalue weighted by Crippen LogP contribution is 2.31. The molecule has 5 rings (SSSR count). The van der Waals surface area contributed by atoms with E-state index in [-0.39, 0.29) is 23.3 Å². The molecule has 0 aliphatic carbocycles. The molecule has 202 valence electrons. The lowest BCUT2D eigenvalue weighted by Crippen LogP contribution is -2.49. The summed E-state index contributed by atoms with van der Waals surface area (Å²) >= 11 is 0. The summed E-state index contributed by atoms with van der Waals surface area (Å²) in [5, 5.41) is 10.6. The number of hydrogen-bond acceptors (Lipinski definition) is 6. The van der Waals surface area contributed by atoms with Crippen molar-refractivity contribution in [2.75, 3.05) is 26.2 Å². The van der Waals surface area contributed by atoms with E-state index >= 15 is 0 Å². The molecule has 2 aromatic carbocycles. The predicted molar refractivity (Wildman–Crippen MR) is 129 cm³/mol. The number of nitrogens with zero attached hydrogens (tertiary/aromatic N) is 4. The molecule has 1 N–H and O–H groups in total. The molecule has 0 bridgehead atoms. The maximum atomic E-state index is 13.9. The number of ketones is 1. The minimum atomic E-state index is -4.61. The fourth-order valence-corrected chi connectivity index (χ4v) is 5.26. The monoisotopic (exact) mass is 533 g/mol. The first-order chi connectivity index (χ1) is 18.2. The Morgan fingerprint density at radius 3 is 2.37 bits per heavy atom. The number of nitrogens with one attached hydrogen (secondary N) is 1. The average Bonchev–Trinajstić information content (AvgIpc) is 3.40. The zero-order valence-electron chi connectivity index (χ0n) is 20.5. The first-order valence-electron chi connectivity index (χ1n) is 12.5.